The fourth-order valence-corrected chi connectivity index (χ4v) is 3.96. The van der Waals surface area contributed by atoms with Crippen molar-refractivity contribution in [2.24, 2.45) is 0 Å². The molecule has 0 atom stereocenters. The van der Waals surface area contributed by atoms with Crippen LogP contribution < -0.4 is 20.1 Å². The molecule has 2 N–H and O–H groups in total. The quantitative estimate of drug-likeness (QED) is 0.284. The van der Waals surface area contributed by atoms with Crippen LogP contribution in [0.15, 0.2) is 29.8 Å². The molecule has 2 amide bonds. The summed E-state index contributed by atoms with van der Waals surface area (Å²) in [5.41, 5.74) is 0.630. The summed E-state index contributed by atoms with van der Waals surface area (Å²) in [7, 11) is 3.15. The van der Waals surface area contributed by atoms with Gasteiger partial charge in [-0.2, -0.15) is 0 Å². The summed E-state index contributed by atoms with van der Waals surface area (Å²) in [5.74, 6) is 0.976. The number of carbonyl (C=O) groups excluding carboxylic acids is 2. The first kappa shape index (κ1) is 28.3. The van der Waals surface area contributed by atoms with Crippen molar-refractivity contribution < 1.29 is 23.8 Å². The molecular weight excluding hydrogens is 468 g/mol. The van der Waals surface area contributed by atoms with E-state index in [0.29, 0.717) is 40.7 Å². The van der Waals surface area contributed by atoms with Crippen molar-refractivity contribution in [2.45, 2.75) is 59.0 Å². The van der Waals surface area contributed by atoms with Crippen LogP contribution in [-0.4, -0.2) is 44.9 Å². The predicted octanol–water partition coefficient (Wildman–Crippen LogP) is 6.12. The number of halogens is 1. The highest BCUT2D eigenvalue weighted by atomic mass is 35.5. The first-order valence-corrected chi connectivity index (χ1v) is 12.2. The Kier molecular flexibility index (Phi) is 10.7. The van der Waals surface area contributed by atoms with E-state index < -0.39 is 11.7 Å². The lowest BCUT2D eigenvalue weighted by molar-refractivity contribution is -0.117. The molecule has 2 aromatic carbocycles. The SMILES string of the molecule is COc1c(Cl)c(/C=C(\C)C(=O)NCCCCCCNC(=O)OC(C)(C)C)c(OC)c2ccccc12. The van der Waals surface area contributed by atoms with Gasteiger partial charge in [0.25, 0.3) is 0 Å². The molecule has 7 nitrogen and oxygen atoms in total. The van der Waals surface area contributed by atoms with Gasteiger partial charge in [0, 0.05) is 35.0 Å². The van der Waals surface area contributed by atoms with E-state index in [1.807, 2.05) is 45.0 Å². The minimum absolute atomic E-state index is 0.165. The van der Waals surface area contributed by atoms with E-state index in [2.05, 4.69) is 10.6 Å². The summed E-state index contributed by atoms with van der Waals surface area (Å²) in [6, 6.07) is 7.68. The summed E-state index contributed by atoms with van der Waals surface area (Å²) in [4.78, 5) is 24.3. The van der Waals surface area contributed by atoms with Gasteiger partial charge >= 0.3 is 6.09 Å². The van der Waals surface area contributed by atoms with Crippen LogP contribution in [0.2, 0.25) is 5.02 Å². The summed E-state index contributed by atoms with van der Waals surface area (Å²) in [6.07, 6.45) is 4.93. The van der Waals surface area contributed by atoms with Crippen LogP contribution >= 0.6 is 11.6 Å². The third kappa shape index (κ3) is 8.35. The van der Waals surface area contributed by atoms with Crippen molar-refractivity contribution in [1.29, 1.82) is 0 Å². The van der Waals surface area contributed by atoms with E-state index in [-0.39, 0.29) is 5.91 Å². The van der Waals surface area contributed by atoms with Crippen molar-refractivity contribution in [3.05, 3.63) is 40.4 Å². The van der Waals surface area contributed by atoms with E-state index >= 15 is 0 Å². The average Bonchev–Trinajstić information content (AvgIpc) is 2.80. The smallest absolute Gasteiger partial charge is 0.407 e. The zero-order valence-electron chi connectivity index (χ0n) is 21.5. The zero-order valence-corrected chi connectivity index (χ0v) is 22.3. The number of benzene rings is 2. The predicted molar refractivity (Wildman–Crippen MR) is 141 cm³/mol. The number of unbranched alkanes of at least 4 members (excludes halogenated alkanes) is 3. The number of alkyl carbamates (subject to hydrolysis) is 1. The van der Waals surface area contributed by atoms with E-state index in [4.69, 9.17) is 25.8 Å². The summed E-state index contributed by atoms with van der Waals surface area (Å²) in [5, 5.41) is 7.80. The second kappa shape index (κ2) is 13.2. The van der Waals surface area contributed by atoms with Gasteiger partial charge in [-0.15, -0.1) is 0 Å². The first-order valence-electron chi connectivity index (χ1n) is 11.8. The molecule has 0 radical (unpaired) electrons. The molecule has 0 spiro atoms. The number of ether oxygens (including phenoxy) is 3. The van der Waals surface area contributed by atoms with E-state index in [0.717, 1.165) is 36.5 Å². The van der Waals surface area contributed by atoms with Gasteiger partial charge in [0.05, 0.1) is 19.2 Å². The van der Waals surface area contributed by atoms with Crippen LogP contribution in [0.4, 0.5) is 4.79 Å². The maximum atomic E-state index is 12.6. The molecule has 192 valence electrons. The Bertz CT molecular complexity index is 1060. The molecule has 0 saturated carbocycles. The monoisotopic (exact) mass is 504 g/mol. The Hall–Kier alpha value is -2.93. The van der Waals surface area contributed by atoms with Gasteiger partial charge in [-0.3, -0.25) is 4.79 Å². The average molecular weight is 505 g/mol. The highest BCUT2D eigenvalue weighted by Gasteiger charge is 2.19. The normalized spacial score (nSPS) is 11.8. The molecule has 0 unspecified atom stereocenters. The molecule has 2 rings (SSSR count). The number of carbonyl (C=O) groups is 2. The van der Waals surface area contributed by atoms with Gasteiger partial charge in [0.2, 0.25) is 5.91 Å². The summed E-state index contributed by atoms with van der Waals surface area (Å²) >= 11 is 6.64. The van der Waals surface area contributed by atoms with Gasteiger partial charge in [-0.1, -0.05) is 48.7 Å². The fourth-order valence-electron chi connectivity index (χ4n) is 3.64. The van der Waals surface area contributed by atoms with Gasteiger partial charge in [0.1, 0.15) is 17.1 Å². The Labute approximate surface area is 213 Å². The largest absolute Gasteiger partial charge is 0.495 e. The lowest BCUT2D eigenvalue weighted by atomic mass is 10.0. The Morgan fingerprint density at radius 3 is 2.00 bits per heavy atom. The van der Waals surface area contributed by atoms with Crippen LogP contribution in [0.5, 0.6) is 11.5 Å². The molecule has 35 heavy (non-hydrogen) atoms. The number of fused-ring (bicyclic) bond motifs is 1. The van der Waals surface area contributed by atoms with Gasteiger partial charge < -0.3 is 24.8 Å². The van der Waals surface area contributed by atoms with Crippen molar-refractivity contribution in [3.8, 4) is 11.5 Å². The van der Waals surface area contributed by atoms with Crippen molar-refractivity contribution in [2.75, 3.05) is 27.3 Å². The molecule has 0 fully saturated rings. The van der Waals surface area contributed by atoms with Crippen LogP contribution in [0.1, 0.15) is 58.9 Å². The Balaban J connectivity index is 1.88. The first-order chi connectivity index (χ1) is 16.6. The van der Waals surface area contributed by atoms with Crippen LogP contribution in [-0.2, 0) is 9.53 Å². The minimum atomic E-state index is -0.494. The summed E-state index contributed by atoms with van der Waals surface area (Å²) in [6.45, 7) is 8.38. The second-order valence-corrected chi connectivity index (χ2v) is 9.64. The second-order valence-electron chi connectivity index (χ2n) is 9.27. The Morgan fingerprint density at radius 1 is 0.914 bits per heavy atom. The number of rotatable bonds is 11. The summed E-state index contributed by atoms with van der Waals surface area (Å²) < 4.78 is 16.4. The molecular formula is C27H37ClN2O5. The molecule has 0 saturated heterocycles. The molecule has 0 aliphatic heterocycles. The topological polar surface area (TPSA) is 85.9 Å². The highest BCUT2D eigenvalue weighted by molar-refractivity contribution is 6.35. The minimum Gasteiger partial charge on any atom is -0.495 e. The molecule has 0 bridgehead atoms. The lowest BCUT2D eigenvalue weighted by Gasteiger charge is -2.19. The number of amides is 2. The number of hydrogen-bond donors (Lipinski definition) is 2. The standard InChI is InChI=1S/C27H37ClN2O5/c1-18(25(31)29-15-11-7-8-12-16-30-26(32)35-27(2,3)4)17-21-22(28)24(34-6)20-14-10-9-13-19(20)23(21)33-5/h9-10,13-14,17H,7-8,11-12,15-16H2,1-6H3,(H,29,31)(H,30,32)/b18-17+. The zero-order chi connectivity index (χ0) is 26.0. The lowest BCUT2D eigenvalue weighted by Crippen LogP contribution is -2.33. The van der Waals surface area contributed by atoms with E-state index in [9.17, 15) is 9.59 Å². The van der Waals surface area contributed by atoms with Crippen LogP contribution in [0.3, 0.4) is 0 Å². The molecule has 0 heterocycles. The maximum absolute atomic E-state index is 12.6. The molecule has 0 aliphatic carbocycles. The molecule has 2 aromatic rings. The molecule has 0 aromatic heterocycles. The van der Waals surface area contributed by atoms with Crippen LogP contribution in [0, 0.1) is 0 Å². The Morgan fingerprint density at radius 2 is 1.46 bits per heavy atom. The maximum Gasteiger partial charge on any atom is 0.407 e. The molecule has 8 heteroatoms. The van der Waals surface area contributed by atoms with E-state index in [1.54, 1.807) is 27.2 Å². The van der Waals surface area contributed by atoms with Gasteiger partial charge in [-0.25, -0.2) is 4.79 Å². The number of methoxy groups -OCH3 is 2. The highest BCUT2D eigenvalue weighted by Crippen LogP contribution is 2.44. The van der Waals surface area contributed by atoms with Crippen molar-refractivity contribution >= 4 is 40.4 Å². The third-order valence-corrected chi connectivity index (χ3v) is 5.66. The molecule has 0 aliphatic rings. The number of nitrogens with one attached hydrogen (secondary N) is 2. The fraction of sp³-hybridized carbons (Fsp3) is 0.481. The van der Waals surface area contributed by atoms with E-state index in [1.165, 1.54) is 0 Å². The van der Waals surface area contributed by atoms with Gasteiger partial charge in [0.15, 0.2) is 0 Å². The number of hydrogen-bond acceptors (Lipinski definition) is 5. The van der Waals surface area contributed by atoms with Crippen molar-refractivity contribution in [1.82, 2.24) is 10.6 Å². The van der Waals surface area contributed by atoms with Crippen LogP contribution in [0.25, 0.3) is 16.8 Å². The van der Waals surface area contributed by atoms with Gasteiger partial charge in [-0.05, 0) is 46.6 Å². The van der Waals surface area contributed by atoms with Crippen molar-refractivity contribution in [3.63, 3.8) is 0 Å². The third-order valence-electron chi connectivity index (χ3n) is 5.28.